The van der Waals surface area contributed by atoms with Crippen molar-refractivity contribution in [3.63, 3.8) is 0 Å². The van der Waals surface area contributed by atoms with E-state index in [1.54, 1.807) is 0 Å². The summed E-state index contributed by atoms with van der Waals surface area (Å²) in [6.07, 6.45) is 13.3. The molecule has 0 bridgehead atoms. The number of allylic oxidation sites excluding steroid dienone is 1. The van der Waals surface area contributed by atoms with E-state index in [9.17, 15) is 9.59 Å². The summed E-state index contributed by atoms with van der Waals surface area (Å²) in [5.74, 6) is 3.36. The summed E-state index contributed by atoms with van der Waals surface area (Å²) in [4.78, 5) is 22.9. The standard InChI is InChI=1S/C21H30O2.C2H6/c1-20-11-8-19-17(18(20)6-4-14(20)9-12-22)5-3-15-13-16(23)7-10-21(15,19)2;1-2/h12-14,17-19H,3-11H2,1-2H3;1-2H3. The second-order valence-corrected chi connectivity index (χ2v) is 9.19. The first kappa shape index (κ1) is 18.9. The van der Waals surface area contributed by atoms with Crippen LogP contribution >= 0.6 is 0 Å². The third-order valence-electron chi connectivity index (χ3n) is 8.54. The van der Waals surface area contributed by atoms with Crippen molar-refractivity contribution >= 4 is 12.1 Å². The lowest BCUT2D eigenvalue weighted by Crippen LogP contribution is -2.50. The quantitative estimate of drug-likeness (QED) is 0.598. The van der Waals surface area contributed by atoms with Crippen molar-refractivity contribution in [3.8, 4) is 0 Å². The fraction of sp³-hybridized carbons (Fsp3) is 0.826. The van der Waals surface area contributed by atoms with E-state index in [1.165, 1.54) is 37.7 Å². The minimum atomic E-state index is 0.279. The first-order valence-corrected chi connectivity index (χ1v) is 10.7. The molecular formula is C23H36O2. The van der Waals surface area contributed by atoms with Gasteiger partial charge in [0.05, 0.1) is 0 Å². The van der Waals surface area contributed by atoms with E-state index in [0.717, 1.165) is 49.7 Å². The van der Waals surface area contributed by atoms with Crippen LogP contribution in [0.15, 0.2) is 11.6 Å². The summed E-state index contributed by atoms with van der Waals surface area (Å²) in [6, 6.07) is 0. The van der Waals surface area contributed by atoms with Gasteiger partial charge >= 0.3 is 0 Å². The van der Waals surface area contributed by atoms with Crippen LogP contribution in [-0.2, 0) is 9.59 Å². The highest BCUT2D eigenvalue weighted by Crippen LogP contribution is 2.66. The van der Waals surface area contributed by atoms with E-state index in [2.05, 4.69) is 13.8 Å². The highest BCUT2D eigenvalue weighted by molar-refractivity contribution is 5.91. The number of hydrogen-bond donors (Lipinski definition) is 0. The average molecular weight is 345 g/mol. The van der Waals surface area contributed by atoms with Crippen LogP contribution < -0.4 is 0 Å². The number of aldehydes is 1. The van der Waals surface area contributed by atoms with Crippen LogP contribution in [0.2, 0.25) is 0 Å². The number of carbonyl (C=O) groups excluding carboxylic acids is 2. The lowest BCUT2D eigenvalue weighted by Gasteiger charge is -2.58. The fourth-order valence-corrected chi connectivity index (χ4v) is 7.17. The van der Waals surface area contributed by atoms with Crippen molar-refractivity contribution in [2.24, 2.45) is 34.5 Å². The van der Waals surface area contributed by atoms with Gasteiger partial charge in [-0.2, -0.15) is 0 Å². The van der Waals surface area contributed by atoms with E-state index < -0.39 is 0 Å². The molecule has 0 amide bonds. The molecule has 2 heteroatoms. The number of hydrogen-bond acceptors (Lipinski definition) is 2. The SMILES string of the molecule is CC.CC12CCC(=O)C=C1CCC1C2CCC2(C)C(CC=O)CCC12. The van der Waals surface area contributed by atoms with E-state index >= 15 is 0 Å². The third-order valence-corrected chi connectivity index (χ3v) is 8.54. The molecule has 140 valence electrons. The second-order valence-electron chi connectivity index (χ2n) is 9.19. The number of ketones is 1. The molecule has 3 saturated carbocycles. The van der Waals surface area contributed by atoms with Crippen molar-refractivity contribution in [1.82, 2.24) is 0 Å². The van der Waals surface area contributed by atoms with Crippen LogP contribution in [0.4, 0.5) is 0 Å². The number of rotatable bonds is 2. The molecule has 0 radical (unpaired) electrons. The summed E-state index contributed by atoms with van der Waals surface area (Å²) < 4.78 is 0. The van der Waals surface area contributed by atoms with Crippen molar-refractivity contribution in [2.75, 3.05) is 0 Å². The van der Waals surface area contributed by atoms with Gasteiger partial charge in [0, 0.05) is 12.8 Å². The Labute approximate surface area is 153 Å². The van der Waals surface area contributed by atoms with Crippen LogP contribution in [0.3, 0.4) is 0 Å². The highest BCUT2D eigenvalue weighted by atomic mass is 16.1. The van der Waals surface area contributed by atoms with Crippen LogP contribution in [0.25, 0.3) is 0 Å². The Bertz CT molecular complexity index is 562. The maximum atomic E-state index is 11.9. The third kappa shape index (κ3) is 2.84. The van der Waals surface area contributed by atoms with Gasteiger partial charge in [0.25, 0.3) is 0 Å². The zero-order valence-corrected chi connectivity index (χ0v) is 16.6. The summed E-state index contributed by atoms with van der Waals surface area (Å²) in [6.45, 7) is 8.93. The van der Waals surface area contributed by atoms with Gasteiger partial charge in [-0.1, -0.05) is 33.3 Å². The number of fused-ring (bicyclic) bond motifs is 5. The monoisotopic (exact) mass is 344 g/mol. The molecule has 0 saturated heterocycles. The zero-order chi connectivity index (χ0) is 18.2. The lowest BCUT2D eigenvalue weighted by molar-refractivity contribution is -0.117. The molecule has 0 heterocycles. The zero-order valence-electron chi connectivity index (χ0n) is 16.6. The topological polar surface area (TPSA) is 34.1 Å². The van der Waals surface area contributed by atoms with Crippen molar-refractivity contribution in [3.05, 3.63) is 11.6 Å². The Morgan fingerprint density at radius 2 is 1.80 bits per heavy atom. The highest BCUT2D eigenvalue weighted by Gasteiger charge is 2.58. The lowest BCUT2D eigenvalue weighted by atomic mass is 9.47. The molecule has 3 fully saturated rings. The van der Waals surface area contributed by atoms with Gasteiger partial charge in [0.2, 0.25) is 0 Å². The molecule has 2 nitrogen and oxygen atoms in total. The Balaban J connectivity index is 0.000000880. The minimum Gasteiger partial charge on any atom is -0.303 e. The fourth-order valence-electron chi connectivity index (χ4n) is 7.17. The predicted octanol–water partition coefficient (Wildman–Crippen LogP) is 5.75. The van der Waals surface area contributed by atoms with Gasteiger partial charge < -0.3 is 4.79 Å². The predicted molar refractivity (Wildman–Crippen MR) is 102 cm³/mol. The number of carbonyl (C=O) groups is 2. The van der Waals surface area contributed by atoms with Gasteiger partial charge in [-0.15, -0.1) is 0 Å². The maximum absolute atomic E-state index is 11.9. The molecule has 6 atom stereocenters. The van der Waals surface area contributed by atoms with Gasteiger partial charge in [-0.05, 0) is 85.5 Å². The Morgan fingerprint density at radius 1 is 1.04 bits per heavy atom. The molecule has 0 aromatic carbocycles. The Hall–Kier alpha value is -0.920. The van der Waals surface area contributed by atoms with Gasteiger partial charge in [-0.3, -0.25) is 4.79 Å². The molecule has 4 rings (SSSR count). The second kappa shape index (κ2) is 7.00. The molecule has 0 N–H and O–H groups in total. The maximum Gasteiger partial charge on any atom is 0.155 e. The van der Waals surface area contributed by atoms with Crippen LogP contribution in [0, 0.1) is 34.5 Å². The first-order chi connectivity index (χ1) is 12.0. The minimum absolute atomic E-state index is 0.279. The van der Waals surface area contributed by atoms with Gasteiger partial charge in [-0.25, -0.2) is 0 Å². The molecule has 4 aliphatic carbocycles. The normalized spacial score (nSPS) is 45.3. The van der Waals surface area contributed by atoms with Crippen molar-refractivity contribution in [1.29, 1.82) is 0 Å². The molecular weight excluding hydrogens is 308 g/mol. The smallest absolute Gasteiger partial charge is 0.155 e. The Morgan fingerprint density at radius 3 is 2.52 bits per heavy atom. The van der Waals surface area contributed by atoms with E-state index in [1.807, 2.05) is 19.9 Å². The van der Waals surface area contributed by atoms with Crippen molar-refractivity contribution in [2.45, 2.75) is 85.5 Å². The van der Waals surface area contributed by atoms with Crippen LogP contribution in [-0.4, -0.2) is 12.1 Å². The van der Waals surface area contributed by atoms with E-state index in [0.29, 0.717) is 17.1 Å². The summed E-state index contributed by atoms with van der Waals surface area (Å²) in [7, 11) is 0. The molecule has 0 aromatic heterocycles. The van der Waals surface area contributed by atoms with E-state index in [-0.39, 0.29) is 5.41 Å². The summed E-state index contributed by atoms with van der Waals surface area (Å²) >= 11 is 0. The molecule has 25 heavy (non-hydrogen) atoms. The van der Waals surface area contributed by atoms with E-state index in [4.69, 9.17) is 0 Å². The summed E-state index contributed by atoms with van der Waals surface area (Å²) in [5, 5.41) is 0. The first-order valence-electron chi connectivity index (χ1n) is 10.7. The molecule has 4 aliphatic rings. The van der Waals surface area contributed by atoms with Gasteiger partial charge in [0.15, 0.2) is 5.78 Å². The van der Waals surface area contributed by atoms with Gasteiger partial charge in [0.1, 0.15) is 6.29 Å². The molecule has 0 spiro atoms. The van der Waals surface area contributed by atoms with Crippen LogP contribution in [0.1, 0.15) is 85.5 Å². The largest absolute Gasteiger partial charge is 0.303 e. The average Bonchev–Trinajstić information content (AvgIpc) is 2.94. The molecule has 0 aromatic rings. The summed E-state index contributed by atoms with van der Waals surface area (Å²) in [5.41, 5.74) is 2.13. The Kier molecular flexibility index (Phi) is 5.28. The molecule has 0 aliphatic heterocycles. The van der Waals surface area contributed by atoms with Crippen LogP contribution in [0.5, 0.6) is 0 Å². The molecule has 6 unspecified atom stereocenters. The van der Waals surface area contributed by atoms with Crippen molar-refractivity contribution < 1.29 is 9.59 Å².